The van der Waals surface area contributed by atoms with Gasteiger partial charge in [0.25, 0.3) is 0 Å². The Labute approximate surface area is 169 Å². The summed E-state index contributed by atoms with van der Waals surface area (Å²) in [4.78, 5) is 35.3. The summed E-state index contributed by atoms with van der Waals surface area (Å²) in [7, 11) is 0. The predicted molar refractivity (Wildman–Crippen MR) is 108 cm³/mol. The molecule has 0 spiro atoms. The molecule has 152 valence electrons. The van der Waals surface area contributed by atoms with Crippen molar-refractivity contribution in [3.05, 3.63) is 42.7 Å². The third-order valence-electron chi connectivity index (χ3n) is 3.81. The highest BCUT2D eigenvalue weighted by molar-refractivity contribution is 5.95. The monoisotopic (exact) mass is 408 g/mol. The maximum absolute atomic E-state index is 11.9. The molecule has 0 fully saturated rings. The van der Waals surface area contributed by atoms with E-state index in [4.69, 9.17) is 5.73 Å². The van der Waals surface area contributed by atoms with Gasteiger partial charge in [0.1, 0.15) is 0 Å². The fourth-order valence-corrected chi connectivity index (χ4v) is 2.15. The number of anilines is 1. The molecule has 3 amide bonds. The fourth-order valence-electron chi connectivity index (χ4n) is 2.15. The van der Waals surface area contributed by atoms with Gasteiger partial charge in [0.15, 0.2) is 0 Å². The minimum atomic E-state index is -0.675. The first-order valence-corrected chi connectivity index (χ1v) is 8.56. The fraction of sp³-hybridized carbons (Fsp3) is 0.333. The van der Waals surface area contributed by atoms with E-state index in [1.54, 1.807) is 23.0 Å². The largest absolute Gasteiger partial charge is 0.346 e. The van der Waals surface area contributed by atoms with Gasteiger partial charge in [-0.25, -0.2) is 4.68 Å². The summed E-state index contributed by atoms with van der Waals surface area (Å²) >= 11 is 0. The first-order chi connectivity index (χ1) is 12.9. The minimum absolute atomic E-state index is 0. The smallest absolute Gasteiger partial charge is 0.243 e. The molecule has 0 aliphatic heterocycles. The number of benzene rings is 1. The summed E-state index contributed by atoms with van der Waals surface area (Å²) in [6, 6.07) is 8.25. The zero-order valence-electron chi connectivity index (χ0n) is 15.7. The number of amides is 3. The number of hydrogen-bond donors (Lipinski definition) is 4. The van der Waals surface area contributed by atoms with Crippen LogP contribution in [0.3, 0.4) is 0 Å². The molecule has 0 aliphatic carbocycles. The first kappa shape index (κ1) is 23.1. The summed E-state index contributed by atoms with van der Waals surface area (Å²) in [5.41, 5.74) is 7.14. The second-order valence-corrected chi connectivity index (χ2v) is 6.31. The van der Waals surface area contributed by atoms with Crippen LogP contribution in [-0.4, -0.2) is 46.6 Å². The van der Waals surface area contributed by atoms with Crippen LogP contribution < -0.4 is 21.7 Å². The highest BCUT2D eigenvalue weighted by Gasteiger charge is 2.17. The Kier molecular flexibility index (Phi) is 9.13. The van der Waals surface area contributed by atoms with Crippen LogP contribution in [0.1, 0.15) is 13.8 Å². The zero-order chi connectivity index (χ0) is 19.8. The predicted octanol–water partition coefficient (Wildman–Crippen LogP) is 0.448. The maximum atomic E-state index is 11.9. The van der Waals surface area contributed by atoms with E-state index < -0.39 is 17.9 Å². The summed E-state index contributed by atoms with van der Waals surface area (Å²) < 4.78 is 1.70. The molecule has 0 radical (unpaired) electrons. The molecule has 2 rings (SSSR count). The Morgan fingerprint density at radius 2 is 1.71 bits per heavy atom. The number of nitrogens with zero attached hydrogens (tertiary/aromatic N) is 2. The topological polar surface area (TPSA) is 131 Å². The van der Waals surface area contributed by atoms with Crippen molar-refractivity contribution in [1.29, 1.82) is 0 Å². The molecule has 0 saturated heterocycles. The highest BCUT2D eigenvalue weighted by Crippen LogP contribution is 2.12. The Bertz CT molecular complexity index is 777. The first-order valence-electron chi connectivity index (χ1n) is 8.56. The quantitative estimate of drug-likeness (QED) is 0.503. The normalized spacial score (nSPS) is 11.3. The van der Waals surface area contributed by atoms with Crippen molar-refractivity contribution < 1.29 is 14.4 Å². The summed E-state index contributed by atoms with van der Waals surface area (Å²) in [6.45, 7) is 3.20. The van der Waals surface area contributed by atoms with Gasteiger partial charge in [-0.3, -0.25) is 14.4 Å². The van der Waals surface area contributed by atoms with Crippen LogP contribution in [0.25, 0.3) is 5.69 Å². The van der Waals surface area contributed by atoms with Crippen molar-refractivity contribution in [2.45, 2.75) is 19.9 Å². The Balaban J connectivity index is 0.00000392. The van der Waals surface area contributed by atoms with E-state index in [0.717, 1.165) is 5.69 Å². The summed E-state index contributed by atoms with van der Waals surface area (Å²) in [5, 5.41) is 11.7. The molecule has 10 heteroatoms. The van der Waals surface area contributed by atoms with E-state index in [1.165, 1.54) is 0 Å². The number of rotatable bonds is 8. The standard InChI is InChI=1S/C18H24N6O3.ClH/c1-12(2)17(19)18(27)21-10-15(25)20-11-16(26)23-13-4-6-14(7-5-13)24-9-3-8-22-24;/h3-9,12,17H,10-11,19H2,1-2H3,(H,20,25)(H,21,27)(H,23,26);1H/t17-;/m0./s1. The number of carbonyl (C=O) groups is 3. The summed E-state index contributed by atoms with van der Waals surface area (Å²) in [5.74, 6) is -1.27. The molecule has 1 aromatic carbocycles. The molecular weight excluding hydrogens is 384 g/mol. The highest BCUT2D eigenvalue weighted by atomic mass is 35.5. The van der Waals surface area contributed by atoms with Crippen molar-refractivity contribution >= 4 is 35.8 Å². The molecule has 1 atom stereocenters. The molecule has 1 heterocycles. The van der Waals surface area contributed by atoms with Crippen molar-refractivity contribution in [1.82, 2.24) is 20.4 Å². The lowest BCUT2D eigenvalue weighted by atomic mass is 10.1. The lowest BCUT2D eigenvalue weighted by Gasteiger charge is -2.15. The number of nitrogens with one attached hydrogen (secondary N) is 3. The van der Waals surface area contributed by atoms with Crippen LogP contribution in [0.4, 0.5) is 5.69 Å². The average molecular weight is 409 g/mol. The molecule has 28 heavy (non-hydrogen) atoms. The van der Waals surface area contributed by atoms with E-state index in [-0.39, 0.29) is 37.3 Å². The van der Waals surface area contributed by atoms with Gasteiger partial charge in [-0.2, -0.15) is 5.10 Å². The van der Waals surface area contributed by atoms with Gasteiger partial charge in [0.05, 0.1) is 24.8 Å². The van der Waals surface area contributed by atoms with Gasteiger partial charge >= 0.3 is 0 Å². The molecule has 0 bridgehead atoms. The maximum Gasteiger partial charge on any atom is 0.243 e. The van der Waals surface area contributed by atoms with Crippen molar-refractivity contribution in [2.24, 2.45) is 11.7 Å². The van der Waals surface area contributed by atoms with Crippen LogP contribution in [0.5, 0.6) is 0 Å². The third-order valence-corrected chi connectivity index (χ3v) is 3.81. The molecule has 0 aliphatic rings. The van der Waals surface area contributed by atoms with Crippen molar-refractivity contribution in [2.75, 3.05) is 18.4 Å². The van der Waals surface area contributed by atoms with E-state index in [9.17, 15) is 14.4 Å². The lowest BCUT2D eigenvalue weighted by Crippen LogP contribution is -2.47. The number of hydrogen-bond acceptors (Lipinski definition) is 5. The number of nitrogens with two attached hydrogens (primary N) is 1. The van der Waals surface area contributed by atoms with Gasteiger partial charge < -0.3 is 21.7 Å². The van der Waals surface area contributed by atoms with E-state index in [0.29, 0.717) is 5.69 Å². The minimum Gasteiger partial charge on any atom is -0.346 e. The van der Waals surface area contributed by atoms with Crippen LogP contribution in [0.2, 0.25) is 0 Å². The van der Waals surface area contributed by atoms with Gasteiger partial charge in [0, 0.05) is 18.1 Å². The second kappa shape index (κ2) is 11.1. The number of carbonyl (C=O) groups excluding carboxylic acids is 3. The van der Waals surface area contributed by atoms with Crippen LogP contribution in [0, 0.1) is 5.92 Å². The van der Waals surface area contributed by atoms with Crippen LogP contribution >= 0.6 is 12.4 Å². The van der Waals surface area contributed by atoms with Crippen molar-refractivity contribution in [3.8, 4) is 5.69 Å². The lowest BCUT2D eigenvalue weighted by molar-refractivity contribution is -0.127. The Morgan fingerprint density at radius 3 is 2.29 bits per heavy atom. The molecular formula is C18H25ClN6O3. The Hall–Kier alpha value is -2.91. The number of halogens is 1. The van der Waals surface area contributed by atoms with Crippen LogP contribution in [-0.2, 0) is 14.4 Å². The molecule has 9 nitrogen and oxygen atoms in total. The van der Waals surface area contributed by atoms with Gasteiger partial charge in [-0.15, -0.1) is 12.4 Å². The van der Waals surface area contributed by atoms with Gasteiger partial charge in [-0.1, -0.05) is 13.8 Å². The number of aromatic nitrogens is 2. The zero-order valence-corrected chi connectivity index (χ0v) is 16.5. The molecule has 0 saturated carbocycles. The second-order valence-electron chi connectivity index (χ2n) is 6.31. The molecule has 5 N–H and O–H groups in total. The molecule has 2 aromatic rings. The third kappa shape index (κ3) is 7.01. The molecule has 0 unspecified atom stereocenters. The van der Waals surface area contributed by atoms with Crippen molar-refractivity contribution in [3.63, 3.8) is 0 Å². The van der Waals surface area contributed by atoms with Gasteiger partial charge in [-0.05, 0) is 36.2 Å². The molecule has 1 aromatic heterocycles. The van der Waals surface area contributed by atoms with E-state index in [1.807, 2.05) is 38.2 Å². The summed E-state index contributed by atoms with van der Waals surface area (Å²) in [6.07, 6.45) is 3.49. The van der Waals surface area contributed by atoms with E-state index >= 15 is 0 Å². The van der Waals surface area contributed by atoms with Gasteiger partial charge in [0.2, 0.25) is 17.7 Å². The Morgan fingerprint density at radius 1 is 1.07 bits per heavy atom. The SMILES string of the molecule is CC(C)[C@H](N)C(=O)NCC(=O)NCC(=O)Nc1ccc(-n2cccn2)cc1.Cl. The van der Waals surface area contributed by atoms with Crippen LogP contribution in [0.15, 0.2) is 42.7 Å². The van der Waals surface area contributed by atoms with E-state index in [2.05, 4.69) is 21.0 Å². The average Bonchev–Trinajstić information content (AvgIpc) is 3.19.